The molecule has 1 aromatic heterocycles. The first-order chi connectivity index (χ1) is 24.2. The Morgan fingerprint density at radius 2 is 1.78 bits per heavy atom. The van der Waals surface area contributed by atoms with E-state index < -0.39 is 81.6 Å². The Hall–Kier alpha value is -3.67. The summed E-state index contributed by atoms with van der Waals surface area (Å²) in [6, 6.07) is 13.8. The second-order valence-corrected chi connectivity index (χ2v) is 13.6. The van der Waals surface area contributed by atoms with E-state index in [1.54, 1.807) is 44.2 Å². The lowest BCUT2D eigenvalue weighted by Gasteiger charge is -2.44. The number of phenols is 1. The van der Waals surface area contributed by atoms with Crippen molar-refractivity contribution in [3.05, 3.63) is 78.5 Å². The molecule has 6 N–H and O–H groups in total. The van der Waals surface area contributed by atoms with Crippen molar-refractivity contribution in [2.24, 2.45) is 0 Å². The molecule has 10 atom stereocenters. The van der Waals surface area contributed by atoms with Crippen LogP contribution in [0.25, 0.3) is 10.9 Å². The molecule has 3 aromatic rings. The van der Waals surface area contributed by atoms with Crippen molar-refractivity contribution >= 4 is 30.7 Å². The monoisotopic (exact) mass is 735 g/mol. The van der Waals surface area contributed by atoms with Crippen LogP contribution in [-0.2, 0) is 37.6 Å². The van der Waals surface area contributed by atoms with Gasteiger partial charge in [-0.25, -0.2) is 14.2 Å². The highest BCUT2D eigenvalue weighted by molar-refractivity contribution is 7.46. The number of carbonyl (C=O) groups is 2. The van der Waals surface area contributed by atoms with Gasteiger partial charge in [0.05, 0.1) is 29.4 Å². The number of aliphatic hydroxyl groups excluding tert-OH is 3. The quantitative estimate of drug-likeness (QED) is 0.0841. The molecular weight excluding hydrogens is 693 g/mol. The predicted molar refractivity (Wildman–Crippen MR) is 177 cm³/mol. The summed E-state index contributed by atoms with van der Waals surface area (Å²) in [7, 11) is -5.31. The molecule has 2 aliphatic rings. The SMILES string of the molecule is C[C@H](CC/C=C/C(=O)OC[C@H]1O[C@@H](n2ccc3cc(O)ccc32)[C@H](OC(=O)c2ccccc2)[C@@H](OP(=O)(O)O)[C@@H]1O)O[C@@H]1O[C@@H](C)[C@H](O)C[C@H]1O. The molecular formula is C34H42NO15P. The Morgan fingerprint density at radius 1 is 1.04 bits per heavy atom. The van der Waals surface area contributed by atoms with Crippen LogP contribution < -0.4 is 0 Å². The zero-order valence-electron chi connectivity index (χ0n) is 27.8. The molecule has 0 saturated carbocycles. The van der Waals surface area contributed by atoms with Crippen LogP contribution in [0.4, 0.5) is 0 Å². The first kappa shape index (κ1) is 38.6. The Kier molecular flexibility index (Phi) is 12.7. The van der Waals surface area contributed by atoms with Gasteiger partial charge in [-0.3, -0.25) is 4.52 Å². The summed E-state index contributed by atoms with van der Waals surface area (Å²) in [4.78, 5) is 45.4. The minimum absolute atomic E-state index is 0.0257. The van der Waals surface area contributed by atoms with Crippen molar-refractivity contribution in [2.75, 3.05) is 6.61 Å². The number of nitrogens with zero attached hydrogens (tertiary/aromatic N) is 1. The maximum atomic E-state index is 13.2. The number of allylic oxidation sites excluding steroid dienone is 1. The van der Waals surface area contributed by atoms with E-state index in [4.69, 9.17) is 28.2 Å². The minimum atomic E-state index is -5.31. The lowest BCUT2D eigenvalue weighted by atomic mass is 9.97. The standard InChI is InChI=1S/C34H42NO15P/c1-19(46-34-26(38)17-25(37)20(2)47-34)8-6-7-11-28(39)45-18-27-29(40)30(50-51(42,43)44)31(49-33(41)21-9-4-3-5-10-21)32(48-27)35-15-14-22-16-23(36)12-13-24(22)35/h3-5,7,9-16,19-20,25-27,29-32,34,36-38,40H,6,8,17-18H2,1-2H3,(H2,42,43,44)/b11-7+/t19-,20+,25-,26-,27-,29-,30+,31-,32-,34-/m1/s1. The molecule has 0 amide bonds. The van der Waals surface area contributed by atoms with Crippen molar-refractivity contribution in [3.8, 4) is 5.75 Å². The van der Waals surface area contributed by atoms with Crippen molar-refractivity contribution in [1.82, 2.24) is 4.57 Å². The molecule has 278 valence electrons. The zero-order chi connectivity index (χ0) is 36.9. The van der Waals surface area contributed by atoms with E-state index in [0.29, 0.717) is 23.7 Å². The van der Waals surface area contributed by atoms with Crippen molar-refractivity contribution in [2.45, 2.75) is 94.5 Å². The topological polar surface area (TPSA) is 233 Å². The number of phosphoric acid groups is 1. The second-order valence-electron chi connectivity index (χ2n) is 12.5. The average Bonchev–Trinajstić information content (AvgIpc) is 3.49. The fraction of sp³-hybridized carbons (Fsp3) is 0.471. The second kappa shape index (κ2) is 16.8. The largest absolute Gasteiger partial charge is 0.508 e. The van der Waals surface area contributed by atoms with Crippen LogP contribution in [0, 0.1) is 0 Å². The Labute approximate surface area is 293 Å². The van der Waals surface area contributed by atoms with Crippen LogP contribution in [0.15, 0.2) is 72.9 Å². The maximum absolute atomic E-state index is 13.2. The number of hydrogen-bond acceptors (Lipinski definition) is 13. The lowest BCUT2D eigenvalue weighted by Crippen LogP contribution is -2.58. The van der Waals surface area contributed by atoms with Gasteiger partial charge in [-0.15, -0.1) is 0 Å². The third kappa shape index (κ3) is 10.0. The summed E-state index contributed by atoms with van der Waals surface area (Å²) in [5.41, 5.74) is 0.583. The molecule has 2 aromatic carbocycles. The molecule has 3 heterocycles. The smallest absolute Gasteiger partial charge is 0.470 e. The number of phosphoric ester groups is 1. The number of ether oxygens (including phenoxy) is 5. The Morgan fingerprint density at radius 3 is 2.51 bits per heavy atom. The minimum Gasteiger partial charge on any atom is -0.508 e. The van der Waals surface area contributed by atoms with E-state index in [9.17, 15) is 44.4 Å². The van der Waals surface area contributed by atoms with E-state index in [2.05, 4.69) is 0 Å². The number of benzene rings is 2. The summed E-state index contributed by atoms with van der Waals surface area (Å²) in [5.74, 6) is -1.72. The maximum Gasteiger partial charge on any atom is 0.470 e. The van der Waals surface area contributed by atoms with Crippen LogP contribution in [0.3, 0.4) is 0 Å². The van der Waals surface area contributed by atoms with Gasteiger partial charge in [-0.1, -0.05) is 24.3 Å². The third-order valence-electron chi connectivity index (χ3n) is 8.56. The Balaban J connectivity index is 1.28. The van der Waals surface area contributed by atoms with Gasteiger partial charge in [0, 0.05) is 24.1 Å². The van der Waals surface area contributed by atoms with E-state index in [-0.39, 0.29) is 23.8 Å². The number of carbonyl (C=O) groups excluding carboxylic acids is 2. The van der Waals surface area contributed by atoms with Gasteiger partial charge < -0.3 is 58.5 Å². The summed E-state index contributed by atoms with van der Waals surface area (Å²) in [6.07, 6.45) is -6.46. The van der Waals surface area contributed by atoms with Gasteiger partial charge in [-0.2, -0.15) is 0 Å². The molecule has 2 saturated heterocycles. The summed E-state index contributed by atoms with van der Waals surface area (Å²) >= 11 is 0. The van der Waals surface area contributed by atoms with Gasteiger partial charge in [0.15, 0.2) is 18.6 Å². The van der Waals surface area contributed by atoms with Gasteiger partial charge in [0.2, 0.25) is 0 Å². The first-order valence-electron chi connectivity index (χ1n) is 16.3. The van der Waals surface area contributed by atoms with Crippen LogP contribution in [0.2, 0.25) is 0 Å². The van der Waals surface area contributed by atoms with E-state index in [1.165, 1.54) is 41.1 Å². The van der Waals surface area contributed by atoms with Gasteiger partial charge in [0.1, 0.15) is 36.8 Å². The number of aromatic nitrogens is 1. The van der Waals surface area contributed by atoms with Gasteiger partial charge >= 0.3 is 19.8 Å². The molecule has 0 radical (unpaired) electrons. The molecule has 5 rings (SSSR count). The first-order valence-corrected chi connectivity index (χ1v) is 17.9. The molecule has 2 fully saturated rings. The number of phenolic OH excluding ortho intramolecular Hbond substituents is 1. The van der Waals surface area contributed by atoms with Crippen LogP contribution in [0.1, 0.15) is 49.7 Å². The van der Waals surface area contributed by atoms with Crippen LogP contribution in [0.5, 0.6) is 5.75 Å². The third-order valence-corrected chi connectivity index (χ3v) is 9.08. The van der Waals surface area contributed by atoms with E-state index in [0.717, 1.165) is 6.08 Å². The summed E-state index contributed by atoms with van der Waals surface area (Å²) < 4.78 is 47.1. The fourth-order valence-corrected chi connectivity index (χ4v) is 6.46. The van der Waals surface area contributed by atoms with Crippen molar-refractivity contribution in [1.29, 1.82) is 0 Å². The molecule has 51 heavy (non-hydrogen) atoms. The van der Waals surface area contributed by atoms with Gasteiger partial charge in [0.25, 0.3) is 0 Å². The fourth-order valence-electron chi connectivity index (χ4n) is 5.90. The van der Waals surface area contributed by atoms with Gasteiger partial charge in [-0.05, 0) is 63.1 Å². The number of fused-ring (bicyclic) bond motifs is 1. The number of aromatic hydroxyl groups is 1. The lowest BCUT2D eigenvalue weighted by molar-refractivity contribution is -0.273. The Bertz CT molecular complexity index is 1710. The van der Waals surface area contributed by atoms with Crippen molar-refractivity contribution in [3.63, 3.8) is 0 Å². The molecule has 0 spiro atoms. The van der Waals surface area contributed by atoms with Crippen molar-refractivity contribution < 1.29 is 72.6 Å². The normalized spacial score (nSPS) is 29.2. The zero-order valence-corrected chi connectivity index (χ0v) is 28.7. The van der Waals surface area contributed by atoms with E-state index in [1.807, 2.05) is 0 Å². The number of esters is 2. The average molecular weight is 736 g/mol. The molecule has 0 bridgehead atoms. The van der Waals surface area contributed by atoms with Crippen LogP contribution in [-0.4, -0.2) is 108 Å². The summed E-state index contributed by atoms with van der Waals surface area (Å²) in [6.45, 7) is 2.87. The molecule has 0 unspecified atom stereocenters. The van der Waals surface area contributed by atoms with Crippen LogP contribution >= 0.6 is 7.82 Å². The highest BCUT2D eigenvalue weighted by Crippen LogP contribution is 2.44. The van der Waals surface area contributed by atoms with E-state index >= 15 is 0 Å². The molecule has 0 aliphatic carbocycles. The highest BCUT2D eigenvalue weighted by atomic mass is 31.2. The molecule has 2 aliphatic heterocycles. The molecule has 17 heteroatoms. The molecule has 16 nitrogen and oxygen atoms in total. The number of hydrogen-bond donors (Lipinski definition) is 6. The number of aliphatic hydroxyl groups is 3. The highest BCUT2D eigenvalue weighted by Gasteiger charge is 2.52. The summed E-state index contributed by atoms with van der Waals surface area (Å²) in [5, 5.41) is 41.8. The predicted octanol–water partition coefficient (Wildman–Crippen LogP) is 2.45. The number of rotatable bonds is 13.